The van der Waals surface area contributed by atoms with Gasteiger partial charge in [0.15, 0.2) is 0 Å². The van der Waals surface area contributed by atoms with E-state index in [9.17, 15) is 13.2 Å². The van der Waals surface area contributed by atoms with Crippen LogP contribution in [0.2, 0.25) is 0 Å². The number of hydrogen-bond donors (Lipinski definition) is 1. The zero-order valence-electron chi connectivity index (χ0n) is 9.84. The van der Waals surface area contributed by atoms with Gasteiger partial charge in [-0.1, -0.05) is 15.9 Å². The zero-order chi connectivity index (χ0) is 14.9. The molecule has 0 amide bonds. The van der Waals surface area contributed by atoms with Crippen LogP contribution < -0.4 is 10.5 Å². The summed E-state index contributed by atoms with van der Waals surface area (Å²) in [5.74, 6) is 0.626. The van der Waals surface area contributed by atoms with Crippen LogP contribution in [0.4, 0.5) is 18.9 Å². The molecular formula is C13H8Br2F3NO. The fourth-order valence-electron chi connectivity index (χ4n) is 1.49. The molecule has 0 unspecified atom stereocenters. The fourth-order valence-corrected chi connectivity index (χ4v) is 2.62. The maximum Gasteiger partial charge on any atom is 0.416 e. The van der Waals surface area contributed by atoms with E-state index in [1.165, 1.54) is 6.07 Å². The van der Waals surface area contributed by atoms with Crippen molar-refractivity contribution in [1.82, 2.24) is 0 Å². The van der Waals surface area contributed by atoms with Gasteiger partial charge in [-0.3, -0.25) is 0 Å². The van der Waals surface area contributed by atoms with Crippen LogP contribution in [0.3, 0.4) is 0 Å². The standard InChI is InChI=1S/C13H8Br2F3NO/c14-8-2-4-11(9(15)6-8)20-12-3-1-7(5-10(12)19)13(16,17)18/h1-6H,19H2. The number of benzene rings is 2. The Balaban J connectivity index is 2.30. The molecule has 0 fully saturated rings. The summed E-state index contributed by atoms with van der Waals surface area (Å²) in [5, 5.41) is 0. The van der Waals surface area contributed by atoms with Gasteiger partial charge < -0.3 is 10.5 Å². The highest BCUT2D eigenvalue weighted by Gasteiger charge is 2.31. The second-order valence-corrected chi connectivity index (χ2v) is 5.70. The van der Waals surface area contributed by atoms with Crippen molar-refractivity contribution in [3.05, 3.63) is 50.9 Å². The van der Waals surface area contributed by atoms with Crippen LogP contribution in [0.1, 0.15) is 5.56 Å². The summed E-state index contributed by atoms with van der Waals surface area (Å²) >= 11 is 6.59. The second-order valence-electron chi connectivity index (χ2n) is 3.93. The highest BCUT2D eigenvalue weighted by atomic mass is 79.9. The number of alkyl halides is 3. The average Bonchev–Trinajstić information content (AvgIpc) is 2.33. The molecule has 0 saturated heterocycles. The highest BCUT2D eigenvalue weighted by Crippen LogP contribution is 2.37. The summed E-state index contributed by atoms with van der Waals surface area (Å²) in [5.41, 5.74) is 4.71. The molecule has 0 aliphatic carbocycles. The second kappa shape index (κ2) is 5.65. The zero-order valence-corrected chi connectivity index (χ0v) is 13.0. The molecule has 0 spiro atoms. The SMILES string of the molecule is Nc1cc(C(F)(F)F)ccc1Oc1ccc(Br)cc1Br. The molecule has 0 aliphatic heterocycles. The molecule has 0 radical (unpaired) electrons. The van der Waals surface area contributed by atoms with Crippen molar-refractivity contribution in [1.29, 1.82) is 0 Å². The van der Waals surface area contributed by atoms with Crippen molar-refractivity contribution in [2.24, 2.45) is 0 Å². The monoisotopic (exact) mass is 409 g/mol. The van der Waals surface area contributed by atoms with Gasteiger partial charge in [-0.25, -0.2) is 0 Å². The normalized spacial score (nSPS) is 11.4. The Morgan fingerprint density at radius 3 is 2.15 bits per heavy atom. The average molecular weight is 411 g/mol. The van der Waals surface area contributed by atoms with E-state index in [1.807, 2.05) is 0 Å². The molecule has 0 bridgehead atoms. The minimum Gasteiger partial charge on any atom is -0.454 e. The lowest BCUT2D eigenvalue weighted by Crippen LogP contribution is -2.06. The Labute approximate surface area is 130 Å². The Hall–Kier alpha value is -1.21. The fraction of sp³-hybridized carbons (Fsp3) is 0.0769. The number of rotatable bonds is 2. The number of nitrogen functional groups attached to an aromatic ring is 1. The third kappa shape index (κ3) is 3.46. The first-order valence-electron chi connectivity index (χ1n) is 5.37. The van der Waals surface area contributed by atoms with Gasteiger partial charge >= 0.3 is 6.18 Å². The van der Waals surface area contributed by atoms with Crippen LogP contribution in [0.25, 0.3) is 0 Å². The molecule has 0 atom stereocenters. The van der Waals surface area contributed by atoms with Gasteiger partial charge in [-0.2, -0.15) is 13.2 Å². The molecular weight excluding hydrogens is 403 g/mol. The minimum atomic E-state index is -4.43. The Morgan fingerprint density at radius 1 is 0.950 bits per heavy atom. The first-order valence-corrected chi connectivity index (χ1v) is 6.95. The summed E-state index contributed by atoms with van der Waals surface area (Å²) in [6.45, 7) is 0. The molecule has 2 aromatic carbocycles. The van der Waals surface area contributed by atoms with Crippen LogP contribution in [-0.2, 0) is 6.18 Å². The van der Waals surface area contributed by atoms with Gasteiger partial charge in [-0.05, 0) is 52.3 Å². The minimum absolute atomic E-state index is 0.0744. The van der Waals surface area contributed by atoms with Gasteiger partial charge in [0, 0.05) is 4.47 Å². The summed E-state index contributed by atoms with van der Waals surface area (Å²) in [6.07, 6.45) is -4.43. The van der Waals surface area contributed by atoms with E-state index in [-0.39, 0.29) is 11.4 Å². The molecule has 0 saturated carbocycles. The molecule has 2 rings (SSSR count). The van der Waals surface area contributed by atoms with Crippen LogP contribution in [0, 0.1) is 0 Å². The molecule has 0 heterocycles. The van der Waals surface area contributed by atoms with Gasteiger partial charge in [0.1, 0.15) is 11.5 Å². The van der Waals surface area contributed by atoms with Gasteiger partial charge in [0.2, 0.25) is 0 Å². The van der Waals surface area contributed by atoms with Crippen molar-refractivity contribution in [3.63, 3.8) is 0 Å². The predicted octanol–water partition coefficient (Wildman–Crippen LogP) is 5.60. The lowest BCUT2D eigenvalue weighted by Gasteiger charge is -2.12. The third-order valence-electron chi connectivity index (χ3n) is 2.45. The maximum atomic E-state index is 12.5. The molecule has 2 aromatic rings. The topological polar surface area (TPSA) is 35.2 Å². The number of ether oxygens (including phenoxy) is 1. The lowest BCUT2D eigenvalue weighted by atomic mass is 10.2. The summed E-state index contributed by atoms with van der Waals surface area (Å²) in [6, 6.07) is 8.16. The van der Waals surface area contributed by atoms with Crippen LogP contribution in [0.15, 0.2) is 45.3 Å². The van der Waals surface area contributed by atoms with Gasteiger partial charge in [-0.15, -0.1) is 0 Å². The Bertz CT molecular complexity index is 644. The molecule has 0 aliphatic rings. The van der Waals surface area contributed by atoms with Crippen molar-refractivity contribution in [2.45, 2.75) is 6.18 Å². The Morgan fingerprint density at radius 2 is 1.60 bits per heavy atom. The van der Waals surface area contributed by atoms with Gasteiger partial charge in [0.05, 0.1) is 15.7 Å². The van der Waals surface area contributed by atoms with E-state index in [4.69, 9.17) is 10.5 Å². The highest BCUT2D eigenvalue weighted by molar-refractivity contribution is 9.11. The summed E-state index contributed by atoms with van der Waals surface area (Å²) in [7, 11) is 0. The lowest BCUT2D eigenvalue weighted by molar-refractivity contribution is -0.137. The molecule has 2 N–H and O–H groups in total. The summed E-state index contributed by atoms with van der Waals surface area (Å²) in [4.78, 5) is 0. The maximum absolute atomic E-state index is 12.5. The van der Waals surface area contributed by atoms with Gasteiger partial charge in [0.25, 0.3) is 0 Å². The van der Waals surface area contributed by atoms with Crippen LogP contribution >= 0.6 is 31.9 Å². The third-order valence-corrected chi connectivity index (χ3v) is 3.56. The van der Waals surface area contributed by atoms with E-state index in [0.29, 0.717) is 10.2 Å². The quantitative estimate of drug-likeness (QED) is 0.653. The molecule has 106 valence electrons. The Kier molecular flexibility index (Phi) is 4.29. The molecule has 0 aromatic heterocycles. The van der Waals surface area contributed by atoms with Crippen molar-refractivity contribution >= 4 is 37.5 Å². The van der Waals surface area contributed by atoms with Crippen LogP contribution in [-0.4, -0.2) is 0 Å². The van der Waals surface area contributed by atoms with Crippen molar-refractivity contribution in [3.8, 4) is 11.5 Å². The molecule has 7 heteroatoms. The van der Waals surface area contributed by atoms with E-state index in [0.717, 1.165) is 16.6 Å². The van der Waals surface area contributed by atoms with Crippen LogP contribution in [0.5, 0.6) is 11.5 Å². The largest absolute Gasteiger partial charge is 0.454 e. The number of anilines is 1. The first kappa shape index (κ1) is 15.2. The number of hydrogen-bond acceptors (Lipinski definition) is 2. The number of nitrogens with two attached hydrogens (primary N) is 1. The van der Waals surface area contributed by atoms with E-state index < -0.39 is 11.7 Å². The van der Waals surface area contributed by atoms with Crippen molar-refractivity contribution < 1.29 is 17.9 Å². The van der Waals surface area contributed by atoms with Crippen molar-refractivity contribution in [2.75, 3.05) is 5.73 Å². The first-order chi connectivity index (χ1) is 9.27. The molecule has 20 heavy (non-hydrogen) atoms. The predicted molar refractivity (Wildman–Crippen MR) is 77.8 cm³/mol. The van der Waals surface area contributed by atoms with E-state index in [1.54, 1.807) is 18.2 Å². The molecule has 2 nitrogen and oxygen atoms in total. The smallest absolute Gasteiger partial charge is 0.416 e. The number of halogens is 5. The van der Waals surface area contributed by atoms with E-state index >= 15 is 0 Å². The summed E-state index contributed by atoms with van der Waals surface area (Å²) < 4.78 is 44.6. The van der Waals surface area contributed by atoms with E-state index in [2.05, 4.69) is 31.9 Å².